The maximum atomic E-state index is 13.6. The van der Waals surface area contributed by atoms with Gasteiger partial charge in [0.1, 0.15) is 5.69 Å². The van der Waals surface area contributed by atoms with E-state index in [-0.39, 0.29) is 6.04 Å². The molecule has 2 unspecified atom stereocenters. The molecule has 8 heteroatoms. The zero-order valence-electron chi connectivity index (χ0n) is 11.8. The van der Waals surface area contributed by atoms with E-state index in [1.165, 1.54) is 0 Å². The Bertz CT molecular complexity index is 482. The Morgan fingerprint density at radius 2 is 1.57 bits per heavy atom. The van der Waals surface area contributed by atoms with Crippen LogP contribution < -0.4 is 5.32 Å². The van der Waals surface area contributed by atoms with Crippen LogP contribution >= 0.6 is 0 Å². The molecule has 0 spiro atoms. The SMILES string of the molecule is CC(Nc1c(F)c(F)nc(F)c1F)C(C)N1CCOCC1. The molecule has 21 heavy (non-hydrogen) atoms. The molecule has 1 aliphatic heterocycles. The minimum Gasteiger partial charge on any atom is -0.379 e. The van der Waals surface area contributed by atoms with Gasteiger partial charge in [0.2, 0.25) is 11.6 Å². The van der Waals surface area contributed by atoms with Crippen LogP contribution in [-0.4, -0.2) is 48.3 Å². The second kappa shape index (κ2) is 6.57. The summed E-state index contributed by atoms with van der Waals surface area (Å²) in [6.45, 7) is 6.10. The number of morpholine rings is 1. The van der Waals surface area contributed by atoms with Gasteiger partial charge in [0.05, 0.1) is 13.2 Å². The van der Waals surface area contributed by atoms with Crippen molar-refractivity contribution in [1.82, 2.24) is 9.88 Å². The zero-order valence-corrected chi connectivity index (χ0v) is 11.8. The molecule has 4 nitrogen and oxygen atoms in total. The molecule has 2 atom stereocenters. The fourth-order valence-corrected chi connectivity index (χ4v) is 2.26. The van der Waals surface area contributed by atoms with E-state index in [9.17, 15) is 17.6 Å². The first-order valence-electron chi connectivity index (χ1n) is 6.70. The fraction of sp³-hybridized carbons (Fsp3) is 0.615. The Morgan fingerprint density at radius 3 is 2.10 bits per heavy atom. The van der Waals surface area contributed by atoms with Crippen LogP contribution in [0.2, 0.25) is 0 Å². The summed E-state index contributed by atoms with van der Waals surface area (Å²) in [7, 11) is 0. The van der Waals surface area contributed by atoms with Crippen molar-refractivity contribution in [3.8, 4) is 0 Å². The van der Waals surface area contributed by atoms with E-state index in [0.29, 0.717) is 26.3 Å². The summed E-state index contributed by atoms with van der Waals surface area (Å²) in [5.74, 6) is -6.37. The number of aromatic nitrogens is 1. The summed E-state index contributed by atoms with van der Waals surface area (Å²) in [5.41, 5.74) is -0.826. The van der Waals surface area contributed by atoms with Gasteiger partial charge in [0.15, 0.2) is 0 Å². The molecule has 0 radical (unpaired) electrons. The third-order valence-corrected chi connectivity index (χ3v) is 3.71. The second-order valence-electron chi connectivity index (χ2n) is 5.02. The smallest absolute Gasteiger partial charge is 0.253 e. The van der Waals surface area contributed by atoms with Gasteiger partial charge < -0.3 is 10.1 Å². The molecule has 1 aromatic rings. The number of halogens is 4. The van der Waals surface area contributed by atoms with Crippen molar-refractivity contribution in [2.75, 3.05) is 31.6 Å². The molecule has 1 aromatic heterocycles. The van der Waals surface area contributed by atoms with Gasteiger partial charge in [-0.15, -0.1) is 0 Å². The lowest BCUT2D eigenvalue weighted by Gasteiger charge is -2.36. The van der Waals surface area contributed by atoms with Crippen LogP contribution in [0.15, 0.2) is 0 Å². The van der Waals surface area contributed by atoms with Crippen LogP contribution in [0.1, 0.15) is 13.8 Å². The van der Waals surface area contributed by atoms with Crippen molar-refractivity contribution in [1.29, 1.82) is 0 Å². The van der Waals surface area contributed by atoms with Crippen molar-refractivity contribution in [3.63, 3.8) is 0 Å². The van der Waals surface area contributed by atoms with Gasteiger partial charge in [-0.05, 0) is 13.8 Å². The molecule has 0 bridgehead atoms. The predicted molar refractivity (Wildman–Crippen MR) is 69.0 cm³/mol. The van der Waals surface area contributed by atoms with Crippen molar-refractivity contribution < 1.29 is 22.3 Å². The highest BCUT2D eigenvalue weighted by Gasteiger charge is 2.26. The van der Waals surface area contributed by atoms with Crippen molar-refractivity contribution >= 4 is 5.69 Å². The van der Waals surface area contributed by atoms with Gasteiger partial charge in [-0.3, -0.25) is 4.90 Å². The Labute approximate surface area is 120 Å². The first-order chi connectivity index (χ1) is 9.91. The average molecular weight is 307 g/mol. The quantitative estimate of drug-likeness (QED) is 0.683. The zero-order chi connectivity index (χ0) is 15.6. The minimum atomic E-state index is -1.66. The van der Waals surface area contributed by atoms with Crippen LogP contribution in [0, 0.1) is 23.5 Å². The number of ether oxygens (including phenoxy) is 1. The molecule has 1 saturated heterocycles. The molecule has 1 N–H and O–H groups in total. The number of hydrogen-bond donors (Lipinski definition) is 1. The first-order valence-corrected chi connectivity index (χ1v) is 6.70. The van der Waals surface area contributed by atoms with Gasteiger partial charge in [-0.1, -0.05) is 0 Å². The van der Waals surface area contributed by atoms with E-state index in [2.05, 4.69) is 15.2 Å². The highest BCUT2D eigenvalue weighted by Crippen LogP contribution is 2.24. The molecule has 2 rings (SSSR count). The van der Waals surface area contributed by atoms with Crippen molar-refractivity contribution in [2.24, 2.45) is 0 Å². The van der Waals surface area contributed by atoms with Gasteiger partial charge in [0.25, 0.3) is 11.9 Å². The van der Waals surface area contributed by atoms with Crippen LogP contribution in [0.25, 0.3) is 0 Å². The van der Waals surface area contributed by atoms with Crippen LogP contribution in [0.3, 0.4) is 0 Å². The maximum Gasteiger partial charge on any atom is 0.253 e. The third kappa shape index (κ3) is 3.44. The molecule has 0 amide bonds. The van der Waals surface area contributed by atoms with E-state index in [4.69, 9.17) is 4.74 Å². The molecule has 1 fully saturated rings. The number of anilines is 1. The van der Waals surface area contributed by atoms with Gasteiger partial charge in [-0.2, -0.15) is 22.5 Å². The molecule has 0 aromatic carbocycles. The number of hydrogen-bond acceptors (Lipinski definition) is 4. The van der Waals surface area contributed by atoms with Gasteiger partial charge >= 0.3 is 0 Å². The Morgan fingerprint density at radius 1 is 1.05 bits per heavy atom. The fourth-order valence-electron chi connectivity index (χ4n) is 2.26. The largest absolute Gasteiger partial charge is 0.379 e. The molecule has 0 saturated carbocycles. The minimum absolute atomic E-state index is 0.0908. The summed E-state index contributed by atoms with van der Waals surface area (Å²) in [4.78, 5) is 4.60. The number of rotatable bonds is 4. The van der Waals surface area contributed by atoms with Crippen LogP contribution in [0.5, 0.6) is 0 Å². The van der Waals surface area contributed by atoms with Crippen LogP contribution in [-0.2, 0) is 4.74 Å². The van der Waals surface area contributed by atoms with Crippen molar-refractivity contribution in [2.45, 2.75) is 25.9 Å². The van der Waals surface area contributed by atoms with Gasteiger partial charge in [0, 0.05) is 25.2 Å². The Hall–Kier alpha value is -1.41. The third-order valence-electron chi connectivity index (χ3n) is 3.71. The van der Waals surface area contributed by atoms with Crippen molar-refractivity contribution in [3.05, 3.63) is 23.5 Å². The summed E-state index contributed by atoms with van der Waals surface area (Å²) in [5, 5.41) is 2.50. The highest BCUT2D eigenvalue weighted by molar-refractivity contribution is 5.46. The van der Waals surface area contributed by atoms with E-state index in [0.717, 1.165) is 0 Å². The second-order valence-corrected chi connectivity index (χ2v) is 5.02. The topological polar surface area (TPSA) is 37.4 Å². The van der Waals surface area contributed by atoms with E-state index >= 15 is 0 Å². The lowest BCUT2D eigenvalue weighted by molar-refractivity contribution is 0.0175. The summed E-state index contributed by atoms with van der Waals surface area (Å²) in [6.07, 6.45) is 0. The number of pyridine rings is 1. The lowest BCUT2D eigenvalue weighted by Crippen LogP contribution is -2.49. The molecule has 0 aliphatic carbocycles. The molecule has 2 heterocycles. The lowest BCUT2D eigenvalue weighted by atomic mass is 10.1. The molecular weight excluding hydrogens is 290 g/mol. The normalized spacial score (nSPS) is 19.3. The molecular formula is C13H17F4N3O. The monoisotopic (exact) mass is 307 g/mol. The van der Waals surface area contributed by atoms with E-state index in [1.54, 1.807) is 6.92 Å². The summed E-state index contributed by atoms with van der Waals surface area (Å²) in [6, 6.07) is -0.514. The Kier molecular flexibility index (Phi) is 5.00. The number of nitrogens with zero attached hydrogens (tertiary/aromatic N) is 2. The van der Waals surface area contributed by atoms with Crippen LogP contribution in [0.4, 0.5) is 23.2 Å². The van der Waals surface area contributed by atoms with E-state index in [1.807, 2.05) is 6.92 Å². The first kappa shape index (κ1) is 16.0. The van der Waals surface area contributed by atoms with E-state index < -0.39 is 35.3 Å². The number of nitrogens with one attached hydrogen (secondary N) is 1. The standard InChI is InChI=1S/C13H17F4N3O/c1-7(8(2)20-3-5-21-6-4-20)18-11-9(14)12(16)19-13(17)10(11)15/h7-8H,3-6H2,1-2H3,(H,18,19). The molecule has 1 aliphatic rings. The summed E-state index contributed by atoms with van der Waals surface area (Å²) < 4.78 is 58.5. The molecule has 118 valence electrons. The summed E-state index contributed by atoms with van der Waals surface area (Å²) >= 11 is 0. The highest BCUT2D eigenvalue weighted by atomic mass is 19.2. The maximum absolute atomic E-state index is 13.6. The predicted octanol–water partition coefficient (Wildman–Crippen LogP) is 2.16. The average Bonchev–Trinajstić information content (AvgIpc) is 2.49. The Balaban J connectivity index is 2.13. The van der Waals surface area contributed by atoms with Gasteiger partial charge in [-0.25, -0.2) is 0 Å².